The molecule has 1 aromatic rings. The van der Waals surface area contributed by atoms with E-state index in [0.717, 1.165) is 32.4 Å². The molecule has 118 valence electrons. The largest absolute Gasteiger partial charge is 0.317 e. The second-order valence-electron chi connectivity index (χ2n) is 5.92. The van der Waals surface area contributed by atoms with E-state index in [0.29, 0.717) is 23.3 Å². The summed E-state index contributed by atoms with van der Waals surface area (Å²) in [6, 6.07) is 7.28. The Morgan fingerprint density at radius 2 is 1.86 bits per heavy atom. The van der Waals surface area contributed by atoms with Crippen LogP contribution in [0.2, 0.25) is 0 Å². The molecule has 0 bridgehead atoms. The van der Waals surface area contributed by atoms with Gasteiger partial charge in [-0.25, -0.2) is 13.1 Å². The number of rotatable bonds is 6. The average Bonchev–Trinajstić information content (AvgIpc) is 2.53. The molecule has 0 radical (unpaired) electrons. The molecule has 1 aliphatic rings. The lowest BCUT2D eigenvalue weighted by Crippen LogP contribution is -2.35. The van der Waals surface area contributed by atoms with Gasteiger partial charge in [0.2, 0.25) is 10.0 Å². The summed E-state index contributed by atoms with van der Waals surface area (Å²) in [7, 11) is -3.38. The highest BCUT2D eigenvalue weighted by atomic mass is 32.2. The van der Waals surface area contributed by atoms with Crippen LogP contribution in [0.4, 0.5) is 0 Å². The molecule has 2 rings (SSSR count). The molecule has 1 atom stereocenters. The summed E-state index contributed by atoms with van der Waals surface area (Å²) in [6.07, 6.45) is 3.13. The van der Waals surface area contributed by atoms with Crippen molar-refractivity contribution in [1.29, 1.82) is 0 Å². The molecule has 1 saturated heterocycles. The minimum atomic E-state index is -3.38. The van der Waals surface area contributed by atoms with E-state index in [1.807, 2.05) is 12.1 Å². The van der Waals surface area contributed by atoms with Crippen LogP contribution in [0.1, 0.15) is 44.6 Å². The topological polar surface area (TPSA) is 58.2 Å². The summed E-state index contributed by atoms with van der Waals surface area (Å²) in [6.45, 7) is 6.79. The number of hydrogen-bond acceptors (Lipinski definition) is 3. The molecule has 1 unspecified atom stereocenters. The second-order valence-corrected chi connectivity index (χ2v) is 7.69. The summed E-state index contributed by atoms with van der Waals surface area (Å²) >= 11 is 0. The van der Waals surface area contributed by atoms with Gasteiger partial charge in [-0.1, -0.05) is 26.0 Å². The molecule has 4 nitrogen and oxygen atoms in total. The number of sulfonamides is 1. The van der Waals surface area contributed by atoms with Crippen LogP contribution in [-0.2, 0) is 10.0 Å². The zero-order chi connectivity index (χ0) is 15.3. The molecule has 1 heterocycles. The predicted octanol–water partition coefficient (Wildman–Crippen LogP) is 2.48. The van der Waals surface area contributed by atoms with Gasteiger partial charge in [0, 0.05) is 6.54 Å². The molecule has 5 heteroatoms. The lowest BCUT2D eigenvalue weighted by molar-refractivity contribution is 0.372. The van der Waals surface area contributed by atoms with E-state index in [-0.39, 0.29) is 0 Å². The maximum atomic E-state index is 12.3. The Labute approximate surface area is 128 Å². The van der Waals surface area contributed by atoms with E-state index < -0.39 is 10.0 Å². The van der Waals surface area contributed by atoms with Crippen molar-refractivity contribution in [3.05, 3.63) is 29.8 Å². The highest BCUT2D eigenvalue weighted by molar-refractivity contribution is 7.89. The SMILES string of the molecule is CCC(C)c1ccc(S(=O)(=O)NCC2CCNCC2)cc1. The standard InChI is InChI=1S/C16H26N2O2S/c1-3-13(2)15-4-6-16(7-5-15)21(19,20)18-12-14-8-10-17-11-9-14/h4-7,13-14,17-18H,3,8-12H2,1-2H3. The van der Waals surface area contributed by atoms with Gasteiger partial charge in [0.15, 0.2) is 0 Å². The Hall–Kier alpha value is -0.910. The fourth-order valence-corrected chi connectivity index (χ4v) is 3.72. The Kier molecular flexibility index (Phi) is 5.79. The van der Waals surface area contributed by atoms with Crippen molar-refractivity contribution in [2.45, 2.75) is 43.9 Å². The number of benzene rings is 1. The lowest BCUT2D eigenvalue weighted by Gasteiger charge is -2.22. The minimum absolute atomic E-state index is 0.364. The molecule has 1 aliphatic heterocycles. The van der Waals surface area contributed by atoms with E-state index in [1.165, 1.54) is 5.56 Å². The molecule has 0 aliphatic carbocycles. The van der Waals surface area contributed by atoms with E-state index in [1.54, 1.807) is 12.1 Å². The van der Waals surface area contributed by atoms with Crippen LogP contribution in [0.5, 0.6) is 0 Å². The highest BCUT2D eigenvalue weighted by Crippen LogP contribution is 2.20. The van der Waals surface area contributed by atoms with Crippen molar-refractivity contribution in [3.63, 3.8) is 0 Å². The van der Waals surface area contributed by atoms with Gasteiger partial charge in [-0.2, -0.15) is 0 Å². The second kappa shape index (κ2) is 7.38. The fraction of sp³-hybridized carbons (Fsp3) is 0.625. The molecule has 0 spiro atoms. The normalized spacial score (nSPS) is 18.6. The van der Waals surface area contributed by atoms with Gasteiger partial charge in [0.05, 0.1) is 4.90 Å². The van der Waals surface area contributed by atoms with Crippen molar-refractivity contribution >= 4 is 10.0 Å². The van der Waals surface area contributed by atoms with Crippen LogP contribution in [0, 0.1) is 5.92 Å². The van der Waals surface area contributed by atoms with Gasteiger partial charge in [0.25, 0.3) is 0 Å². The van der Waals surface area contributed by atoms with E-state index in [4.69, 9.17) is 0 Å². The van der Waals surface area contributed by atoms with Crippen molar-refractivity contribution < 1.29 is 8.42 Å². The third kappa shape index (κ3) is 4.53. The third-order valence-corrected chi connectivity index (χ3v) is 5.83. The maximum absolute atomic E-state index is 12.3. The van der Waals surface area contributed by atoms with Gasteiger partial charge < -0.3 is 5.32 Å². The minimum Gasteiger partial charge on any atom is -0.317 e. The zero-order valence-corrected chi connectivity index (χ0v) is 13.7. The molecule has 1 aromatic carbocycles. The maximum Gasteiger partial charge on any atom is 0.240 e. The van der Waals surface area contributed by atoms with Crippen LogP contribution < -0.4 is 10.0 Å². The monoisotopic (exact) mass is 310 g/mol. The molecule has 21 heavy (non-hydrogen) atoms. The first kappa shape index (κ1) is 16.5. The average molecular weight is 310 g/mol. The van der Waals surface area contributed by atoms with Crippen molar-refractivity contribution in [1.82, 2.24) is 10.0 Å². The van der Waals surface area contributed by atoms with Gasteiger partial charge in [-0.15, -0.1) is 0 Å². The predicted molar refractivity (Wildman–Crippen MR) is 85.9 cm³/mol. The van der Waals surface area contributed by atoms with Crippen molar-refractivity contribution in [2.75, 3.05) is 19.6 Å². The van der Waals surface area contributed by atoms with Crippen LogP contribution in [0.25, 0.3) is 0 Å². The molecule has 0 saturated carbocycles. The van der Waals surface area contributed by atoms with Gasteiger partial charge in [0.1, 0.15) is 0 Å². The summed E-state index contributed by atoms with van der Waals surface area (Å²) in [5, 5.41) is 3.29. The van der Waals surface area contributed by atoms with Crippen molar-refractivity contribution in [2.24, 2.45) is 5.92 Å². The smallest absolute Gasteiger partial charge is 0.240 e. The summed E-state index contributed by atoms with van der Waals surface area (Å²) in [4.78, 5) is 0.364. The van der Waals surface area contributed by atoms with Gasteiger partial charge in [-0.3, -0.25) is 0 Å². The first-order valence-corrected chi connectivity index (χ1v) is 9.31. The summed E-state index contributed by atoms with van der Waals surface area (Å²) < 4.78 is 27.3. The van der Waals surface area contributed by atoms with Crippen molar-refractivity contribution in [3.8, 4) is 0 Å². The summed E-state index contributed by atoms with van der Waals surface area (Å²) in [5.41, 5.74) is 1.19. The number of piperidine rings is 1. The van der Waals surface area contributed by atoms with E-state index >= 15 is 0 Å². The summed E-state index contributed by atoms with van der Waals surface area (Å²) in [5.74, 6) is 0.907. The van der Waals surface area contributed by atoms with E-state index in [9.17, 15) is 8.42 Å². The van der Waals surface area contributed by atoms with Gasteiger partial charge in [-0.05, 0) is 61.9 Å². The van der Waals surface area contributed by atoms with E-state index in [2.05, 4.69) is 23.9 Å². The van der Waals surface area contributed by atoms with Crippen LogP contribution in [0.3, 0.4) is 0 Å². The van der Waals surface area contributed by atoms with Gasteiger partial charge >= 0.3 is 0 Å². The molecular formula is C16H26N2O2S. The Morgan fingerprint density at radius 3 is 2.43 bits per heavy atom. The molecule has 0 amide bonds. The quantitative estimate of drug-likeness (QED) is 0.848. The number of nitrogens with one attached hydrogen (secondary N) is 2. The Morgan fingerprint density at radius 1 is 1.24 bits per heavy atom. The Bertz CT molecular complexity index is 534. The molecule has 1 fully saturated rings. The first-order valence-electron chi connectivity index (χ1n) is 7.83. The fourth-order valence-electron chi connectivity index (χ4n) is 2.61. The lowest BCUT2D eigenvalue weighted by atomic mass is 9.99. The molecule has 0 aromatic heterocycles. The number of hydrogen-bond donors (Lipinski definition) is 2. The van der Waals surface area contributed by atoms with Crippen LogP contribution in [-0.4, -0.2) is 28.1 Å². The van der Waals surface area contributed by atoms with Crippen LogP contribution >= 0.6 is 0 Å². The highest BCUT2D eigenvalue weighted by Gasteiger charge is 2.18. The molecule has 2 N–H and O–H groups in total. The Balaban J connectivity index is 1.98. The first-order chi connectivity index (χ1) is 10.0. The third-order valence-electron chi connectivity index (χ3n) is 4.39. The molecular weight excluding hydrogens is 284 g/mol. The van der Waals surface area contributed by atoms with Crippen LogP contribution in [0.15, 0.2) is 29.2 Å². The zero-order valence-electron chi connectivity index (χ0n) is 12.9.